The minimum atomic E-state index is 0.192. The molecule has 1 aliphatic rings. The molecule has 1 aromatic rings. The largest absolute Gasteiger partial charge is 0.271 e. The van der Waals surface area contributed by atoms with E-state index in [-0.39, 0.29) is 5.38 Å². The summed E-state index contributed by atoms with van der Waals surface area (Å²) >= 11 is 12.4. The molecule has 0 radical (unpaired) electrons. The second-order valence-electron chi connectivity index (χ2n) is 4.38. The Morgan fingerprint density at radius 2 is 2.31 bits per heavy atom. The van der Waals surface area contributed by atoms with Crippen molar-refractivity contribution >= 4 is 23.2 Å². The van der Waals surface area contributed by atoms with Crippen molar-refractivity contribution < 1.29 is 0 Å². The first-order chi connectivity index (χ1) is 7.58. The van der Waals surface area contributed by atoms with Gasteiger partial charge in [0.25, 0.3) is 0 Å². The predicted octanol–water partition coefficient (Wildman–Crippen LogP) is 3.64. The Balaban J connectivity index is 2.20. The third kappa shape index (κ3) is 2.44. The van der Waals surface area contributed by atoms with Crippen molar-refractivity contribution in [3.05, 3.63) is 28.1 Å². The summed E-state index contributed by atoms with van der Waals surface area (Å²) < 4.78 is 1.87. The topological polar surface area (TPSA) is 17.8 Å². The van der Waals surface area contributed by atoms with Gasteiger partial charge in [0.05, 0.1) is 21.8 Å². The van der Waals surface area contributed by atoms with E-state index in [1.807, 2.05) is 18.7 Å². The third-order valence-corrected chi connectivity index (χ3v) is 3.89. The maximum Gasteiger partial charge on any atom is 0.0850 e. The molecule has 0 N–H and O–H groups in total. The number of aromatic nitrogens is 2. The van der Waals surface area contributed by atoms with Gasteiger partial charge >= 0.3 is 0 Å². The first kappa shape index (κ1) is 12.0. The van der Waals surface area contributed by atoms with Crippen molar-refractivity contribution in [2.24, 2.45) is 7.05 Å². The van der Waals surface area contributed by atoms with Crippen LogP contribution < -0.4 is 0 Å². The average molecular weight is 259 g/mol. The fourth-order valence-electron chi connectivity index (χ4n) is 2.18. The standard InChI is InChI=1S/C12H16Cl2N2/c1-8-12(14)11(16(2)15-8)7-9-4-3-5-10(13)6-9/h6,10H,3-5,7H2,1-2H3. The molecule has 0 aliphatic heterocycles. The Bertz CT molecular complexity index is 421. The molecule has 1 heterocycles. The van der Waals surface area contributed by atoms with Gasteiger partial charge in [-0.3, -0.25) is 4.68 Å². The number of hydrogen-bond acceptors (Lipinski definition) is 1. The fraction of sp³-hybridized carbons (Fsp3) is 0.583. The molecule has 0 saturated carbocycles. The molecule has 0 fully saturated rings. The van der Waals surface area contributed by atoms with Gasteiger partial charge in [0.2, 0.25) is 0 Å². The van der Waals surface area contributed by atoms with Crippen LogP contribution in [0.1, 0.15) is 30.7 Å². The normalized spacial score (nSPS) is 21.0. The maximum absolute atomic E-state index is 6.23. The molecule has 4 heteroatoms. The maximum atomic E-state index is 6.23. The van der Waals surface area contributed by atoms with Gasteiger partial charge in [-0.15, -0.1) is 11.6 Å². The number of rotatable bonds is 2. The van der Waals surface area contributed by atoms with Crippen LogP contribution in [0.15, 0.2) is 11.6 Å². The number of aryl methyl sites for hydroxylation is 2. The summed E-state index contributed by atoms with van der Waals surface area (Å²) in [4.78, 5) is 0. The molecular formula is C12H16Cl2N2. The number of hydrogen-bond donors (Lipinski definition) is 0. The molecule has 0 saturated heterocycles. The van der Waals surface area contributed by atoms with E-state index in [0.717, 1.165) is 35.7 Å². The van der Waals surface area contributed by atoms with Crippen LogP contribution in [0.2, 0.25) is 5.02 Å². The van der Waals surface area contributed by atoms with Gasteiger partial charge in [-0.05, 0) is 26.2 Å². The van der Waals surface area contributed by atoms with E-state index >= 15 is 0 Å². The molecule has 0 aromatic carbocycles. The van der Waals surface area contributed by atoms with Crippen LogP contribution in [0.4, 0.5) is 0 Å². The van der Waals surface area contributed by atoms with E-state index in [1.54, 1.807) is 0 Å². The molecule has 88 valence electrons. The Labute approximate surface area is 106 Å². The van der Waals surface area contributed by atoms with Crippen molar-refractivity contribution in [3.63, 3.8) is 0 Å². The number of allylic oxidation sites excluding steroid dienone is 2. The Morgan fingerprint density at radius 3 is 2.88 bits per heavy atom. The van der Waals surface area contributed by atoms with Gasteiger partial charge in [-0.25, -0.2) is 0 Å². The van der Waals surface area contributed by atoms with Gasteiger partial charge in [0, 0.05) is 13.5 Å². The quantitative estimate of drug-likeness (QED) is 0.585. The highest BCUT2D eigenvalue weighted by atomic mass is 35.5. The lowest BCUT2D eigenvalue weighted by Gasteiger charge is -2.16. The lowest BCUT2D eigenvalue weighted by molar-refractivity contribution is 0.667. The molecule has 1 aromatic heterocycles. The zero-order valence-corrected chi connectivity index (χ0v) is 11.1. The summed E-state index contributed by atoms with van der Waals surface area (Å²) in [5, 5.41) is 5.30. The summed E-state index contributed by atoms with van der Waals surface area (Å²) in [7, 11) is 1.94. The van der Waals surface area contributed by atoms with E-state index in [9.17, 15) is 0 Å². The molecule has 0 bridgehead atoms. The van der Waals surface area contributed by atoms with Crippen molar-refractivity contribution in [1.82, 2.24) is 9.78 Å². The highest BCUT2D eigenvalue weighted by Crippen LogP contribution is 2.28. The first-order valence-electron chi connectivity index (χ1n) is 5.59. The molecule has 2 nitrogen and oxygen atoms in total. The summed E-state index contributed by atoms with van der Waals surface area (Å²) in [5.41, 5.74) is 3.38. The van der Waals surface area contributed by atoms with E-state index in [2.05, 4.69) is 11.2 Å². The molecule has 0 amide bonds. The van der Waals surface area contributed by atoms with E-state index in [1.165, 1.54) is 12.0 Å². The van der Waals surface area contributed by atoms with Gasteiger partial charge < -0.3 is 0 Å². The molecule has 0 spiro atoms. The molecule has 16 heavy (non-hydrogen) atoms. The predicted molar refractivity (Wildman–Crippen MR) is 68.2 cm³/mol. The van der Waals surface area contributed by atoms with Gasteiger partial charge in [0.15, 0.2) is 0 Å². The monoisotopic (exact) mass is 258 g/mol. The number of halogens is 2. The van der Waals surface area contributed by atoms with E-state index < -0.39 is 0 Å². The number of alkyl halides is 1. The highest BCUT2D eigenvalue weighted by molar-refractivity contribution is 6.31. The van der Waals surface area contributed by atoms with Crippen molar-refractivity contribution in [2.75, 3.05) is 0 Å². The summed E-state index contributed by atoms with van der Waals surface area (Å²) in [6.45, 7) is 1.94. The summed E-state index contributed by atoms with van der Waals surface area (Å²) in [6, 6.07) is 0. The molecule has 2 rings (SSSR count). The Hall–Kier alpha value is -0.470. The van der Waals surface area contributed by atoms with E-state index in [4.69, 9.17) is 23.2 Å². The SMILES string of the molecule is Cc1nn(C)c(CC2=CC(Cl)CCC2)c1Cl. The van der Waals surface area contributed by atoms with Crippen LogP contribution in [0, 0.1) is 6.92 Å². The smallest absolute Gasteiger partial charge is 0.0850 e. The second-order valence-corrected chi connectivity index (χ2v) is 5.32. The fourth-order valence-corrected chi connectivity index (χ4v) is 2.74. The second kappa shape index (κ2) is 4.80. The lowest BCUT2D eigenvalue weighted by Crippen LogP contribution is -2.07. The molecule has 1 aliphatic carbocycles. The summed E-state index contributed by atoms with van der Waals surface area (Å²) in [5.74, 6) is 0. The molecular weight excluding hydrogens is 243 g/mol. The first-order valence-corrected chi connectivity index (χ1v) is 6.41. The van der Waals surface area contributed by atoms with Crippen molar-refractivity contribution in [1.29, 1.82) is 0 Å². The zero-order chi connectivity index (χ0) is 11.7. The Kier molecular flexibility index (Phi) is 3.60. The zero-order valence-electron chi connectivity index (χ0n) is 9.63. The molecule has 1 atom stereocenters. The van der Waals surface area contributed by atoms with Crippen LogP contribution in [-0.2, 0) is 13.5 Å². The lowest BCUT2D eigenvalue weighted by atomic mass is 9.95. The Morgan fingerprint density at radius 1 is 1.56 bits per heavy atom. The minimum absolute atomic E-state index is 0.192. The van der Waals surface area contributed by atoms with Crippen molar-refractivity contribution in [2.45, 2.75) is 38.0 Å². The van der Waals surface area contributed by atoms with E-state index in [0.29, 0.717) is 0 Å². The third-order valence-electron chi connectivity index (χ3n) is 3.05. The number of nitrogens with zero attached hydrogens (tertiary/aromatic N) is 2. The minimum Gasteiger partial charge on any atom is -0.271 e. The van der Waals surface area contributed by atoms with Crippen LogP contribution >= 0.6 is 23.2 Å². The van der Waals surface area contributed by atoms with Crippen LogP contribution in [0.5, 0.6) is 0 Å². The summed E-state index contributed by atoms with van der Waals surface area (Å²) in [6.07, 6.45) is 6.44. The average Bonchev–Trinajstić information content (AvgIpc) is 2.45. The van der Waals surface area contributed by atoms with Crippen molar-refractivity contribution in [3.8, 4) is 0 Å². The van der Waals surface area contributed by atoms with Gasteiger partial charge in [-0.1, -0.05) is 23.3 Å². The van der Waals surface area contributed by atoms with Gasteiger partial charge in [0.1, 0.15) is 0 Å². The van der Waals surface area contributed by atoms with Gasteiger partial charge in [-0.2, -0.15) is 5.10 Å². The van der Waals surface area contributed by atoms with Crippen LogP contribution in [0.25, 0.3) is 0 Å². The van der Waals surface area contributed by atoms with Crippen LogP contribution in [0.3, 0.4) is 0 Å². The highest BCUT2D eigenvalue weighted by Gasteiger charge is 2.16. The molecule has 1 unspecified atom stereocenters. The van der Waals surface area contributed by atoms with Crippen LogP contribution in [-0.4, -0.2) is 15.2 Å².